The van der Waals surface area contributed by atoms with E-state index in [0.717, 1.165) is 6.07 Å². The zero-order valence-electron chi connectivity index (χ0n) is 9.60. The summed E-state index contributed by atoms with van der Waals surface area (Å²) in [6.07, 6.45) is -4.60. The summed E-state index contributed by atoms with van der Waals surface area (Å²) >= 11 is 17.6. The number of alkyl halides is 3. The minimum absolute atomic E-state index is 0.0536. The van der Waals surface area contributed by atoms with Crippen LogP contribution in [-0.2, 0) is 6.18 Å². The van der Waals surface area contributed by atoms with Crippen molar-refractivity contribution < 1.29 is 13.2 Å². The Hall–Kier alpha value is -1.17. The first-order valence-electron chi connectivity index (χ1n) is 5.19. The predicted molar refractivity (Wildman–Crippen MR) is 74.1 cm³/mol. The molecule has 2 aromatic rings. The molecule has 0 bridgehead atoms. The number of nitrogens with zero attached hydrogens (tertiary/aromatic N) is 1. The van der Waals surface area contributed by atoms with Crippen LogP contribution in [-0.4, -0.2) is 4.98 Å². The molecule has 0 atom stereocenters. The Morgan fingerprint density at radius 1 is 1.00 bits per heavy atom. The summed E-state index contributed by atoms with van der Waals surface area (Å²) in [5.41, 5.74) is 4.75. The fourth-order valence-electron chi connectivity index (χ4n) is 1.60. The molecule has 1 heterocycles. The molecule has 0 fully saturated rings. The molecule has 0 saturated heterocycles. The topological polar surface area (TPSA) is 38.9 Å². The average Bonchev–Trinajstić information content (AvgIpc) is 2.34. The van der Waals surface area contributed by atoms with E-state index in [4.69, 9.17) is 40.5 Å². The molecule has 106 valence electrons. The molecule has 0 radical (unpaired) electrons. The van der Waals surface area contributed by atoms with Gasteiger partial charge in [-0.05, 0) is 23.8 Å². The fraction of sp³-hybridized carbons (Fsp3) is 0.0833. The van der Waals surface area contributed by atoms with Gasteiger partial charge in [0, 0.05) is 5.56 Å². The zero-order valence-corrected chi connectivity index (χ0v) is 11.9. The summed E-state index contributed by atoms with van der Waals surface area (Å²) in [6, 6.07) is 5.03. The van der Waals surface area contributed by atoms with Gasteiger partial charge in [-0.25, -0.2) is 4.98 Å². The summed E-state index contributed by atoms with van der Waals surface area (Å²) in [5.74, 6) is -0.267. The van der Waals surface area contributed by atoms with Crippen LogP contribution in [0.3, 0.4) is 0 Å². The van der Waals surface area contributed by atoms with E-state index in [1.54, 1.807) is 0 Å². The standard InChI is InChI=1S/C12H6Cl3F3N2/c13-7-2-1-6(10(14)11(7)15)5-3-8(12(16,17)18)20-9(19)4-5/h1-4H,(H2,19,20). The Kier molecular flexibility index (Phi) is 4.04. The summed E-state index contributed by atoms with van der Waals surface area (Å²) < 4.78 is 38.1. The monoisotopic (exact) mass is 340 g/mol. The zero-order chi connectivity index (χ0) is 15.1. The first-order chi connectivity index (χ1) is 9.20. The number of anilines is 1. The van der Waals surface area contributed by atoms with E-state index >= 15 is 0 Å². The molecule has 2 nitrogen and oxygen atoms in total. The molecule has 0 saturated carbocycles. The SMILES string of the molecule is Nc1cc(-c2ccc(Cl)c(Cl)c2Cl)cc(C(F)(F)F)n1. The molecule has 0 aliphatic heterocycles. The first-order valence-corrected chi connectivity index (χ1v) is 6.32. The van der Waals surface area contributed by atoms with Crippen molar-refractivity contribution in [1.82, 2.24) is 4.98 Å². The molecule has 0 spiro atoms. The first kappa shape index (κ1) is 15.2. The highest BCUT2D eigenvalue weighted by Crippen LogP contribution is 2.39. The van der Waals surface area contributed by atoms with Crippen molar-refractivity contribution in [2.45, 2.75) is 6.18 Å². The Morgan fingerprint density at radius 2 is 1.65 bits per heavy atom. The molecule has 20 heavy (non-hydrogen) atoms. The van der Waals surface area contributed by atoms with Crippen LogP contribution in [0.2, 0.25) is 15.1 Å². The molecule has 1 aromatic carbocycles. The summed E-state index contributed by atoms with van der Waals surface area (Å²) in [6.45, 7) is 0. The second-order valence-electron chi connectivity index (χ2n) is 3.89. The van der Waals surface area contributed by atoms with Crippen molar-refractivity contribution in [2.24, 2.45) is 0 Å². The van der Waals surface area contributed by atoms with Crippen LogP contribution in [0.4, 0.5) is 19.0 Å². The fourth-order valence-corrected chi connectivity index (χ4v) is 2.25. The highest BCUT2D eigenvalue weighted by molar-refractivity contribution is 6.49. The van der Waals surface area contributed by atoms with Gasteiger partial charge in [-0.3, -0.25) is 0 Å². The lowest BCUT2D eigenvalue weighted by molar-refractivity contribution is -0.141. The van der Waals surface area contributed by atoms with Crippen LogP contribution in [0, 0.1) is 0 Å². The Balaban J connectivity index is 2.65. The second kappa shape index (κ2) is 5.31. The number of benzene rings is 1. The van der Waals surface area contributed by atoms with Crippen molar-refractivity contribution in [3.8, 4) is 11.1 Å². The molecule has 0 aliphatic rings. The molecule has 1 aromatic heterocycles. The number of aromatic nitrogens is 1. The van der Waals surface area contributed by atoms with E-state index in [2.05, 4.69) is 4.98 Å². The molecular weight excluding hydrogens is 335 g/mol. The van der Waals surface area contributed by atoms with Crippen LogP contribution < -0.4 is 5.73 Å². The Morgan fingerprint density at radius 3 is 2.25 bits per heavy atom. The van der Waals surface area contributed by atoms with Crippen LogP contribution in [0.5, 0.6) is 0 Å². The number of halogens is 6. The number of nitrogens with two attached hydrogens (primary N) is 1. The Bertz CT molecular complexity index is 672. The molecule has 2 N–H and O–H groups in total. The van der Waals surface area contributed by atoms with Crippen LogP contribution in [0.15, 0.2) is 24.3 Å². The Labute approximate surface area is 127 Å². The molecule has 0 aliphatic carbocycles. The predicted octanol–water partition coefficient (Wildman–Crippen LogP) is 5.31. The van der Waals surface area contributed by atoms with Gasteiger partial charge in [0.2, 0.25) is 0 Å². The van der Waals surface area contributed by atoms with E-state index in [9.17, 15) is 13.2 Å². The van der Waals surface area contributed by atoms with Gasteiger partial charge in [-0.15, -0.1) is 0 Å². The van der Waals surface area contributed by atoms with E-state index in [0.29, 0.717) is 5.56 Å². The normalized spacial score (nSPS) is 11.7. The maximum Gasteiger partial charge on any atom is 0.433 e. The van der Waals surface area contributed by atoms with Crippen LogP contribution in [0.1, 0.15) is 5.69 Å². The second-order valence-corrected chi connectivity index (χ2v) is 5.05. The van der Waals surface area contributed by atoms with Gasteiger partial charge in [0.25, 0.3) is 0 Å². The lowest BCUT2D eigenvalue weighted by Crippen LogP contribution is -2.09. The number of hydrogen-bond donors (Lipinski definition) is 1. The van der Waals surface area contributed by atoms with Gasteiger partial charge in [-0.2, -0.15) is 13.2 Å². The van der Waals surface area contributed by atoms with Gasteiger partial charge >= 0.3 is 6.18 Å². The van der Waals surface area contributed by atoms with E-state index in [1.807, 2.05) is 0 Å². The molecular formula is C12H6Cl3F3N2. The van der Waals surface area contributed by atoms with Crippen molar-refractivity contribution in [3.63, 3.8) is 0 Å². The van der Waals surface area contributed by atoms with Gasteiger partial charge in [0.15, 0.2) is 0 Å². The molecule has 0 amide bonds. The third-order valence-corrected chi connectivity index (χ3v) is 3.78. The van der Waals surface area contributed by atoms with Crippen molar-refractivity contribution in [3.05, 3.63) is 45.0 Å². The van der Waals surface area contributed by atoms with Gasteiger partial charge in [0.05, 0.1) is 15.1 Å². The summed E-state index contributed by atoms with van der Waals surface area (Å²) in [5, 5.41) is 0.325. The lowest BCUT2D eigenvalue weighted by atomic mass is 10.1. The van der Waals surface area contributed by atoms with Crippen molar-refractivity contribution in [1.29, 1.82) is 0 Å². The van der Waals surface area contributed by atoms with E-state index in [1.165, 1.54) is 18.2 Å². The number of rotatable bonds is 1. The largest absolute Gasteiger partial charge is 0.433 e. The lowest BCUT2D eigenvalue weighted by Gasteiger charge is -2.11. The van der Waals surface area contributed by atoms with Crippen molar-refractivity contribution in [2.75, 3.05) is 5.73 Å². The summed E-state index contributed by atoms with van der Waals surface area (Å²) in [4.78, 5) is 3.25. The third-order valence-electron chi connectivity index (χ3n) is 2.48. The summed E-state index contributed by atoms with van der Waals surface area (Å²) in [7, 11) is 0. The van der Waals surface area contributed by atoms with Crippen LogP contribution in [0.25, 0.3) is 11.1 Å². The average molecular weight is 342 g/mol. The molecule has 0 unspecified atom stereocenters. The third kappa shape index (κ3) is 2.95. The maximum absolute atomic E-state index is 12.7. The quantitative estimate of drug-likeness (QED) is 0.714. The minimum atomic E-state index is -4.60. The highest BCUT2D eigenvalue weighted by Gasteiger charge is 2.33. The number of hydrogen-bond acceptors (Lipinski definition) is 2. The van der Waals surface area contributed by atoms with E-state index in [-0.39, 0.29) is 26.4 Å². The maximum atomic E-state index is 12.7. The van der Waals surface area contributed by atoms with Crippen LogP contribution >= 0.6 is 34.8 Å². The van der Waals surface area contributed by atoms with Gasteiger partial charge < -0.3 is 5.73 Å². The highest BCUT2D eigenvalue weighted by atomic mass is 35.5. The number of nitrogen functional groups attached to an aromatic ring is 1. The van der Waals surface area contributed by atoms with Gasteiger partial charge in [0.1, 0.15) is 11.5 Å². The minimum Gasteiger partial charge on any atom is -0.384 e. The number of pyridine rings is 1. The molecule has 2 rings (SSSR count). The van der Waals surface area contributed by atoms with Crippen molar-refractivity contribution >= 4 is 40.6 Å². The molecule has 8 heteroatoms. The van der Waals surface area contributed by atoms with Gasteiger partial charge in [-0.1, -0.05) is 40.9 Å². The van der Waals surface area contributed by atoms with E-state index < -0.39 is 11.9 Å². The smallest absolute Gasteiger partial charge is 0.384 e.